The van der Waals surface area contributed by atoms with Gasteiger partial charge in [-0.15, -0.1) is 0 Å². The van der Waals surface area contributed by atoms with Crippen molar-refractivity contribution < 1.29 is 19.1 Å². The molecule has 0 aromatic heterocycles. The highest BCUT2D eigenvalue weighted by Gasteiger charge is 2.31. The Kier molecular flexibility index (Phi) is 8.90. The third kappa shape index (κ3) is 7.42. The van der Waals surface area contributed by atoms with E-state index < -0.39 is 6.04 Å². The predicted molar refractivity (Wildman–Crippen MR) is 135 cm³/mol. The molecule has 6 heteroatoms. The molecular weight excluding hydrogens is 440 g/mol. The molecule has 2 amide bonds. The molecule has 1 aliphatic heterocycles. The molecule has 3 aromatic rings. The van der Waals surface area contributed by atoms with Crippen LogP contribution in [0.4, 0.5) is 0 Å². The van der Waals surface area contributed by atoms with Gasteiger partial charge in [-0.3, -0.25) is 9.59 Å². The number of ether oxygens (including phenoxy) is 2. The van der Waals surface area contributed by atoms with Crippen LogP contribution in [-0.2, 0) is 27.3 Å². The van der Waals surface area contributed by atoms with Gasteiger partial charge < -0.3 is 19.7 Å². The molecule has 0 unspecified atom stereocenters. The summed E-state index contributed by atoms with van der Waals surface area (Å²) in [7, 11) is 0. The van der Waals surface area contributed by atoms with Crippen LogP contribution >= 0.6 is 0 Å². The largest absolute Gasteiger partial charge is 0.484 e. The molecule has 6 nitrogen and oxygen atoms in total. The van der Waals surface area contributed by atoms with Crippen molar-refractivity contribution in [2.45, 2.75) is 38.0 Å². The first-order chi connectivity index (χ1) is 17.2. The van der Waals surface area contributed by atoms with E-state index in [2.05, 4.69) is 5.32 Å². The average Bonchev–Trinajstić information content (AvgIpc) is 3.43. The first-order valence-corrected chi connectivity index (χ1v) is 12.1. The molecule has 1 saturated heterocycles. The third-order valence-corrected chi connectivity index (χ3v) is 6.10. The van der Waals surface area contributed by atoms with Crippen LogP contribution in [0.2, 0.25) is 0 Å². The smallest absolute Gasteiger partial charge is 0.261 e. The summed E-state index contributed by atoms with van der Waals surface area (Å²) in [6.07, 6.45) is 2.36. The molecule has 1 N–H and O–H groups in total. The molecule has 0 spiro atoms. The Labute approximate surface area is 206 Å². The van der Waals surface area contributed by atoms with Gasteiger partial charge in [-0.05, 0) is 36.1 Å². The van der Waals surface area contributed by atoms with E-state index in [1.165, 1.54) is 0 Å². The molecule has 182 valence electrons. The molecule has 2 atom stereocenters. The molecular formula is C29H32N2O4. The molecule has 3 aromatic carbocycles. The Morgan fingerprint density at radius 2 is 1.54 bits per heavy atom. The van der Waals surface area contributed by atoms with E-state index >= 15 is 0 Å². The SMILES string of the molecule is O=C(NC[C@@H]1CCCO1)[C@H](Cc1ccccc1)N(Cc1ccccc1)C(=O)COc1ccccc1. The number of hydrogen-bond donors (Lipinski definition) is 1. The highest BCUT2D eigenvalue weighted by atomic mass is 16.5. The van der Waals surface area contributed by atoms with E-state index in [9.17, 15) is 9.59 Å². The van der Waals surface area contributed by atoms with Gasteiger partial charge in [0.15, 0.2) is 6.61 Å². The lowest BCUT2D eigenvalue weighted by Crippen LogP contribution is -2.52. The molecule has 1 heterocycles. The van der Waals surface area contributed by atoms with Crippen LogP contribution < -0.4 is 10.1 Å². The number of para-hydroxylation sites is 1. The molecule has 0 aliphatic carbocycles. The fraction of sp³-hybridized carbons (Fsp3) is 0.310. The van der Waals surface area contributed by atoms with E-state index in [4.69, 9.17) is 9.47 Å². The van der Waals surface area contributed by atoms with Crippen LogP contribution in [0.3, 0.4) is 0 Å². The summed E-state index contributed by atoms with van der Waals surface area (Å²) in [5.41, 5.74) is 1.94. The van der Waals surface area contributed by atoms with Crippen molar-refractivity contribution in [2.75, 3.05) is 19.8 Å². The summed E-state index contributed by atoms with van der Waals surface area (Å²) in [6, 6.07) is 28.0. The highest BCUT2D eigenvalue weighted by Crippen LogP contribution is 2.17. The fourth-order valence-corrected chi connectivity index (χ4v) is 4.22. The Balaban J connectivity index is 1.56. The predicted octanol–water partition coefficient (Wildman–Crippen LogP) is 4.00. The van der Waals surface area contributed by atoms with Crippen LogP contribution in [0, 0.1) is 0 Å². The van der Waals surface area contributed by atoms with Gasteiger partial charge in [0.25, 0.3) is 5.91 Å². The Morgan fingerprint density at radius 3 is 2.17 bits per heavy atom. The zero-order chi connectivity index (χ0) is 24.3. The zero-order valence-corrected chi connectivity index (χ0v) is 19.8. The molecule has 1 aliphatic rings. The van der Waals surface area contributed by atoms with Crippen LogP contribution in [-0.4, -0.2) is 48.6 Å². The van der Waals surface area contributed by atoms with Gasteiger partial charge >= 0.3 is 0 Å². The van der Waals surface area contributed by atoms with Crippen molar-refractivity contribution in [3.05, 3.63) is 102 Å². The number of amides is 2. The molecule has 0 saturated carbocycles. The van der Waals surface area contributed by atoms with Crippen LogP contribution in [0.15, 0.2) is 91.0 Å². The van der Waals surface area contributed by atoms with Crippen molar-refractivity contribution in [3.8, 4) is 5.75 Å². The Bertz CT molecular complexity index is 1050. The maximum atomic E-state index is 13.5. The summed E-state index contributed by atoms with van der Waals surface area (Å²) in [4.78, 5) is 28.7. The van der Waals surface area contributed by atoms with Gasteiger partial charge in [0.05, 0.1) is 6.10 Å². The molecule has 0 radical (unpaired) electrons. The lowest BCUT2D eigenvalue weighted by Gasteiger charge is -2.31. The quantitative estimate of drug-likeness (QED) is 0.458. The van der Waals surface area contributed by atoms with E-state index in [1.807, 2.05) is 91.0 Å². The lowest BCUT2D eigenvalue weighted by molar-refractivity contribution is -0.143. The fourth-order valence-electron chi connectivity index (χ4n) is 4.22. The summed E-state index contributed by atoms with van der Waals surface area (Å²) >= 11 is 0. The van der Waals surface area contributed by atoms with Crippen molar-refractivity contribution in [2.24, 2.45) is 0 Å². The molecule has 4 rings (SSSR count). The summed E-state index contributed by atoms with van der Waals surface area (Å²) in [5.74, 6) is 0.183. The van der Waals surface area contributed by atoms with Crippen LogP contribution in [0.25, 0.3) is 0 Å². The topological polar surface area (TPSA) is 67.9 Å². The van der Waals surface area contributed by atoms with Gasteiger partial charge in [0.1, 0.15) is 11.8 Å². The number of rotatable bonds is 11. The van der Waals surface area contributed by atoms with Gasteiger partial charge in [0.2, 0.25) is 5.91 Å². The second kappa shape index (κ2) is 12.7. The number of carbonyl (C=O) groups is 2. The monoisotopic (exact) mass is 472 g/mol. The van der Waals surface area contributed by atoms with Gasteiger partial charge in [0, 0.05) is 26.1 Å². The van der Waals surface area contributed by atoms with Gasteiger partial charge in [-0.2, -0.15) is 0 Å². The molecule has 35 heavy (non-hydrogen) atoms. The maximum absolute atomic E-state index is 13.5. The van der Waals surface area contributed by atoms with Gasteiger partial charge in [-0.1, -0.05) is 78.9 Å². The number of carbonyl (C=O) groups excluding carboxylic acids is 2. The average molecular weight is 473 g/mol. The first-order valence-electron chi connectivity index (χ1n) is 12.1. The second-order valence-electron chi connectivity index (χ2n) is 8.69. The minimum Gasteiger partial charge on any atom is -0.484 e. The number of hydrogen-bond acceptors (Lipinski definition) is 4. The van der Waals surface area contributed by atoms with Crippen molar-refractivity contribution in [1.82, 2.24) is 10.2 Å². The summed E-state index contributed by atoms with van der Waals surface area (Å²) in [5, 5.41) is 3.04. The van der Waals surface area contributed by atoms with E-state index in [0.717, 1.165) is 30.6 Å². The number of nitrogens with zero attached hydrogens (tertiary/aromatic N) is 1. The first kappa shape index (κ1) is 24.5. The summed E-state index contributed by atoms with van der Waals surface area (Å²) < 4.78 is 11.4. The van der Waals surface area contributed by atoms with Crippen molar-refractivity contribution in [3.63, 3.8) is 0 Å². The van der Waals surface area contributed by atoms with Crippen molar-refractivity contribution in [1.29, 1.82) is 0 Å². The third-order valence-electron chi connectivity index (χ3n) is 6.10. The number of benzene rings is 3. The minimum absolute atomic E-state index is 0.0241. The molecule has 0 bridgehead atoms. The Morgan fingerprint density at radius 1 is 0.914 bits per heavy atom. The number of nitrogens with one attached hydrogen (secondary N) is 1. The van der Waals surface area contributed by atoms with Gasteiger partial charge in [-0.25, -0.2) is 0 Å². The van der Waals surface area contributed by atoms with E-state index in [1.54, 1.807) is 4.90 Å². The summed E-state index contributed by atoms with van der Waals surface area (Å²) in [6.45, 7) is 1.32. The zero-order valence-electron chi connectivity index (χ0n) is 19.8. The lowest BCUT2D eigenvalue weighted by atomic mass is 10.0. The standard InChI is InChI=1S/C29H32N2O4/c32-28(22-35-25-15-8-3-9-16-25)31(21-24-13-6-2-7-14-24)27(19-23-11-4-1-5-12-23)29(33)30-20-26-17-10-18-34-26/h1-9,11-16,26-27H,10,17-22H2,(H,30,33)/t26-,27-/m0/s1. The Hall–Kier alpha value is -3.64. The second-order valence-corrected chi connectivity index (χ2v) is 8.69. The van der Waals surface area contributed by atoms with Crippen LogP contribution in [0.5, 0.6) is 5.75 Å². The maximum Gasteiger partial charge on any atom is 0.261 e. The highest BCUT2D eigenvalue weighted by molar-refractivity contribution is 5.88. The molecule has 1 fully saturated rings. The van der Waals surface area contributed by atoms with Crippen molar-refractivity contribution >= 4 is 11.8 Å². The van der Waals surface area contributed by atoms with Crippen LogP contribution in [0.1, 0.15) is 24.0 Å². The minimum atomic E-state index is -0.689. The normalized spacial score (nSPS) is 15.8. The van der Waals surface area contributed by atoms with E-state index in [0.29, 0.717) is 25.3 Å². The van der Waals surface area contributed by atoms with E-state index in [-0.39, 0.29) is 24.5 Å².